The summed E-state index contributed by atoms with van der Waals surface area (Å²) in [6.45, 7) is 0. The molecule has 2 N–H and O–H groups in total. The largest absolute Gasteiger partial charge is 0.496 e. The van der Waals surface area contributed by atoms with Gasteiger partial charge in [-0.3, -0.25) is 9.52 Å². The molecule has 1 aromatic heterocycles. The maximum atomic E-state index is 13.2. The summed E-state index contributed by atoms with van der Waals surface area (Å²) in [6, 6.07) is 12.4. The molecule has 0 amide bonds. The first-order chi connectivity index (χ1) is 15.4. The minimum Gasteiger partial charge on any atom is -0.496 e. The average Bonchev–Trinajstić information content (AvgIpc) is 2.71. The van der Waals surface area contributed by atoms with Crippen molar-refractivity contribution in [2.45, 2.75) is 12.6 Å². The van der Waals surface area contributed by atoms with Crippen molar-refractivity contribution in [3.05, 3.63) is 81.8 Å². The number of pyridine rings is 1. The lowest BCUT2D eigenvalue weighted by Crippen LogP contribution is -2.14. The van der Waals surface area contributed by atoms with Gasteiger partial charge in [0.15, 0.2) is 0 Å². The summed E-state index contributed by atoms with van der Waals surface area (Å²) in [5.41, 5.74) is 1.44. The monoisotopic (exact) mass is 478 g/mol. The molecule has 33 heavy (non-hydrogen) atoms. The van der Waals surface area contributed by atoms with Crippen LogP contribution in [0, 0.1) is 0 Å². The molecular formula is C23H21F3N2O4S. The summed E-state index contributed by atoms with van der Waals surface area (Å²) in [5, 5.41) is 0. The van der Waals surface area contributed by atoms with Crippen molar-refractivity contribution in [3.8, 4) is 16.9 Å². The Hall–Kier alpha value is -3.53. The summed E-state index contributed by atoms with van der Waals surface area (Å²) < 4.78 is 70.0. The van der Waals surface area contributed by atoms with Gasteiger partial charge in [-0.2, -0.15) is 13.2 Å². The summed E-state index contributed by atoms with van der Waals surface area (Å²) in [5.74, 6) is 0.0510. The molecule has 3 rings (SSSR count). The molecule has 0 aliphatic carbocycles. The first-order valence-electron chi connectivity index (χ1n) is 9.67. The molecule has 174 valence electrons. The Morgan fingerprint density at radius 2 is 1.79 bits per heavy atom. The summed E-state index contributed by atoms with van der Waals surface area (Å²) in [7, 11) is -2.13. The number of hydrogen-bond acceptors (Lipinski definition) is 4. The maximum absolute atomic E-state index is 13.2. The van der Waals surface area contributed by atoms with Crippen molar-refractivity contribution in [3.63, 3.8) is 0 Å². The van der Waals surface area contributed by atoms with Crippen LogP contribution in [-0.4, -0.2) is 32.9 Å². The fourth-order valence-electron chi connectivity index (χ4n) is 3.30. The first kappa shape index (κ1) is 24.1. The lowest BCUT2D eigenvalue weighted by Gasteiger charge is -2.16. The number of ether oxygens (including phenoxy) is 1. The highest BCUT2D eigenvalue weighted by Gasteiger charge is 2.30. The van der Waals surface area contributed by atoms with Crippen LogP contribution < -0.4 is 15.0 Å². The van der Waals surface area contributed by atoms with Gasteiger partial charge >= 0.3 is 6.18 Å². The molecule has 0 saturated carbocycles. The average molecular weight is 478 g/mol. The molecule has 0 atom stereocenters. The van der Waals surface area contributed by atoms with Gasteiger partial charge in [-0.15, -0.1) is 0 Å². The molecule has 1 heterocycles. The molecule has 2 aromatic carbocycles. The van der Waals surface area contributed by atoms with E-state index in [0.29, 0.717) is 22.4 Å². The zero-order valence-electron chi connectivity index (χ0n) is 17.7. The van der Waals surface area contributed by atoms with E-state index in [9.17, 15) is 26.4 Å². The van der Waals surface area contributed by atoms with Gasteiger partial charge in [0, 0.05) is 28.6 Å². The zero-order valence-corrected chi connectivity index (χ0v) is 18.5. The van der Waals surface area contributed by atoms with Crippen LogP contribution in [0.15, 0.2) is 59.5 Å². The molecule has 0 aliphatic rings. The van der Waals surface area contributed by atoms with E-state index in [1.54, 1.807) is 48.6 Å². The third kappa shape index (κ3) is 6.72. The second kappa shape index (κ2) is 9.53. The summed E-state index contributed by atoms with van der Waals surface area (Å²) >= 11 is 0. The number of aromatic nitrogens is 1. The molecule has 0 spiro atoms. The fraction of sp³-hybridized carbons (Fsp3) is 0.174. The molecule has 0 bridgehead atoms. The van der Waals surface area contributed by atoms with Crippen LogP contribution in [0.3, 0.4) is 0 Å². The SMILES string of the molecule is COc1c(C=Cc2ccc(NS(C)(=O)=O)cc2)cc(-c2ccc[nH]c2=O)cc1CC(F)(F)F. The second-order valence-electron chi connectivity index (χ2n) is 7.29. The number of hydrogen-bond donors (Lipinski definition) is 2. The summed E-state index contributed by atoms with van der Waals surface area (Å²) in [4.78, 5) is 14.7. The number of rotatable bonds is 7. The van der Waals surface area contributed by atoms with Crippen molar-refractivity contribution >= 4 is 27.9 Å². The van der Waals surface area contributed by atoms with Gasteiger partial charge in [0.05, 0.1) is 19.8 Å². The van der Waals surface area contributed by atoms with Crippen LogP contribution in [0.4, 0.5) is 18.9 Å². The van der Waals surface area contributed by atoms with E-state index in [0.717, 1.165) is 6.26 Å². The Balaban J connectivity index is 2.05. The topological polar surface area (TPSA) is 88.3 Å². The van der Waals surface area contributed by atoms with Crippen LogP contribution in [0.25, 0.3) is 23.3 Å². The van der Waals surface area contributed by atoms with E-state index in [4.69, 9.17) is 4.74 Å². The van der Waals surface area contributed by atoms with Crippen molar-refractivity contribution in [2.75, 3.05) is 18.1 Å². The Kier molecular flexibility index (Phi) is 6.97. The van der Waals surface area contributed by atoms with E-state index in [1.165, 1.54) is 25.4 Å². The van der Waals surface area contributed by atoms with E-state index in [-0.39, 0.29) is 16.9 Å². The van der Waals surface area contributed by atoms with Crippen LogP contribution in [-0.2, 0) is 16.4 Å². The minimum atomic E-state index is -4.47. The van der Waals surface area contributed by atoms with Gasteiger partial charge in [-0.05, 0) is 47.5 Å². The molecule has 0 saturated heterocycles. The van der Waals surface area contributed by atoms with Crippen LogP contribution in [0.5, 0.6) is 5.75 Å². The molecule has 0 fully saturated rings. The lowest BCUT2D eigenvalue weighted by atomic mass is 9.97. The molecule has 0 aliphatic heterocycles. The van der Waals surface area contributed by atoms with Crippen molar-refractivity contribution in [1.82, 2.24) is 4.98 Å². The third-order valence-electron chi connectivity index (χ3n) is 4.59. The highest BCUT2D eigenvalue weighted by Crippen LogP contribution is 2.35. The van der Waals surface area contributed by atoms with Crippen molar-refractivity contribution < 1.29 is 26.3 Å². The normalized spacial score (nSPS) is 12.2. The molecular weight excluding hydrogens is 457 g/mol. The van der Waals surface area contributed by atoms with Crippen molar-refractivity contribution in [1.29, 1.82) is 0 Å². The van der Waals surface area contributed by atoms with Gasteiger partial charge < -0.3 is 9.72 Å². The highest BCUT2D eigenvalue weighted by atomic mass is 32.2. The molecule has 0 radical (unpaired) electrons. The van der Waals surface area contributed by atoms with Gasteiger partial charge in [-0.1, -0.05) is 24.3 Å². The maximum Gasteiger partial charge on any atom is 0.393 e. The van der Waals surface area contributed by atoms with E-state index in [1.807, 2.05) is 0 Å². The zero-order chi connectivity index (χ0) is 24.2. The quantitative estimate of drug-likeness (QED) is 0.482. The predicted molar refractivity (Wildman–Crippen MR) is 123 cm³/mol. The van der Waals surface area contributed by atoms with E-state index in [2.05, 4.69) is 9.71 Å². The molecule has 6 nitrogen and oxygen atoms in total. The number of anilines is 1. The molecule has 0 unspecified atom stereocenters. The van der Waals surface area contributed by atoms with E-state index < -0.39 is 28.2 Å². The lowest BCUT2D eigenvalue weighted by molar-refractivity contribution is -0.127. The van der Waals surface area contributed by atoms with Gasteiger partial charge in [0.1, 0.15) is 5.75 Å². The molecule has 10 heteroatoms. The van der Waals surface area contributed by atoms with Gasteiger partial charge in [0.2, 0.25) is 10.0 Å². The van der Waals surface area contributed by atoms with Crippen LogP contribution >= 0.6 is 0 Å². The fourth-order valence-corrected chi connectivity index (χ4v) is 3.86. The van der Waals surface area contributed by atoms with E-state index >= 15 is 0 Å². The number of alkyl halides is 3. The number of aromatic amines is 1. The second-order valence-corrected chi connectivity index (χ2v) is 9.04. The number of benzene rings is 2. The van der Waals surface area contributed by atoms with Crippen molar-refractivity contribution in [2.24, 2.45) is 0 Å². The van der Waals surface area contributed by atoms with Gasteiger partial charge in [0.25, 0.3) is 5.56 Å². The third-order valence-corrected chi connectivity index (χ3v) is 5.19. The first-order valence-corrected chi connectivity index (χ1v) is 11.6. The Morgan fingerprint density at radius 1 is 1.09 bits per heavy atom. The Bertz CT molecular complexity index is 1330. The van der Waals surface area contributed by atoms with Crippen LogP contribution in [0.2, 0.25) is 0 Å². The predicted octanol–water partition coefficient (Wildman–Crippen LogP) is 4.70. The standard InChI is InChI=1S/C23H21F3N2O4S/c1-32-21-16(8-5-15-6-9-19(10-7-15)28-33(2,30)31)12-17(13-18(21)14-23(24,25)26)20-4-3-11-27-22(20)29/h3-13,28H,14H2,1-2H3,(H,27,29). The Labute approximate surface area is 188 Å². The minimum absolute atomic E-state index is 0.0510. The summed E-state index contributed by atoms with van der Waals surface area (Å²) in [6.07, 6.45) is 0.0161. The number of H-pyrrole nitrogens is 1. The number of sulfonamides is 1. The number of methoxy groups -OCH3 is 1. The van der Waals surface area contributed by atoms with Crippen LogP contribution in [0.1, 0.15) is 16.7 Å². The van der Waals surface area contributed by atoms with Gasteiger partial charge in [-0.25, -0.2) is 8.42 Å². The number of nitrogens with one attached hydrogen (secondary N) is 2. The molecule has 3 aromatic rings. The highest BCUT2D eigenvalue weighted by molar-refractivity contribution is 7.92. The Morgan fingerprint density at radius 3 is 2.36 bits per heavy atom. The smallest absolute Gasteiger partial charge is 0.393 e. The number of halogens is 3.